The monoisotopic (exact) mass is 322 g/mol. The quantitative estimate of drug-likeness (QED) is 0.868. The third kappa shape index (κ3) is 3.72. The van der Waals surface area contributed by atoms with Crippen molar-refractivity contribution in [1.82, 2.24) is 14.5 Å². The van der Waals surface area contributed by atoms with Gasteiger partial charge in [-0.1, -0.05) is 19.3 Å². The number of aromatic nitrogens is 2. The van der Waals surface area contributed by atoms with Gasteiger partial charge in [0.25, 0.3) is 0 Å². The van der Waals surface area contributed by atoms with Gasteiger partial charge in [0.2, 0.25) is 10.0 Å². The first-order valence-corrected chi connectivity index (χ1v) is 8.10. The Morgan fingerprint density at radius 2 is 2.00 bits per heavy atom. The van der Waals surface area contributed by atoms with Gasteiger partial charge < -0.3 is 5.73 Å². The van der Waals surface area contributed by atoms with Gasteiger partial charge in [0, 0.05) is 19.1 Å². The molecule has 0 radical (unpaired) electrons. The van der Waals surface area contributed by atoms with E-state index in [-0.39, 0.29) is 17.3 Å². The van der Waals surface area contributed by atoms with Crippen LogP contribution < -0.4 is 10.5 Å². The largest absolute Gasteiger partial charge is 0.324 e. The van der Waals surface area contributed by atoms with E-state index in [1.807, 2.05) is 0 Å². The van der Waals surface area contributed by atoms with Gasteiger partial charge in [-0.2, -0.15) is 5.10 Å². The van der Waals surface area contributed by atoms with Crippen molar-refractivity contribution in [1.29, 1.82) is 0 Å². The molecular weight excluding hydrogens is 300 g/mol. The molecule has 0 atom stereocenters. The van der Waals surface area contributed by atoms with Crippen LogP contribution in [0.3, 0.4) is 0 Å². The van der Waals surface area contributed by atoms with Crippen molar-refractivity contribution in [3.63, 3.8) is 0 Å². The molecule has 1 aromatic rings. The van der Waals surface area contributed by atoms with E-state index in [1.54, 1.807) is 18.7 Å². The molecule has 0 amide bonds. The fourth-order valence-electron chi connectivity index (χ4n) is 2.49. The summed E-state index contributed by atoms with van der Waals surface area (Å²) in [5.41, 5.74) is 6.47. The Bertz CT molecular complexity index is 550. The second kappa shape index (κ2) is 6.43. The maximum Gasteiger partial charge on any atom is 0.244 e. The molecule has 0 unspecified atom stereocenters. The van der Waals surface area contributed by atoms with Crippen LogP contribution in [0.4, 0.5) is 0 Å². The normalized spacial score (nSPS) is 18.6. The van der Waals surface area contributed by atoms with Crippen molar-refractivity contribution >= 4 is 22.4 Å². The highest BCUT2D eigenvalue weighted by Gasteiger charge is 2.30. The fraction of sp³-hybridized carbons (Fsp3) is 0.750. The zero-order valence-corrected chi connectivity index (χ0v) is 13.6. The van der Waals surface area contributed by atoms with Crippen LogP contribution in [0.5, 0.6) is 0 Å². The standard InChI is InChI=1S/C12H22N4O2S.ClH/c1-10-11(8-14-16(10)2)19(17,18)15-9-12(13)6-4-3-5-7-12;/h8,15H,3-7,9,13H2,1-2H3;1H. The molecule has 0 saturated heterocycles. The summed E-state index contributed by atoms with van der Waals surface area (Å²) in [6.45, 7) is 2.03. The zero-order chi connectivity index (χ0) is 14.1. The van der Waals surface area contributed by atoms with Crippen molar-refractivity contribution < 1.29 is 8.42 Å². The van der Waals surface area contributed by atoms with Crippen LogP contribution >= 0.6 is 12.4 Å². The second-order valence-electron chi connectivity index (χ2n) is 5.47. The van der Waals surface area contributed by atoms with Crippen LogP contribution in [0.15, 0.2) is 11.1 Å². The number of nitrogens with two attached hydrogens (primary N) is 1. The summed E-state index contributed by atoms with van der Waals surface area (Å²) in [5.74, 6) is 0. The molecule has 0 bridgehead atoms. The number of rotatable bonds is 4. The molecule has 1 fully saturated rings. The van der Waals surface area contributed by atoms with Gasteiger partial charge in [0.05, 0.1) is 11.9 Å². The van der Waals surface area contributed by atoms with E-state index in [0.717, 1.165) is 25.7 Å². The highest BCUT2D eigenvalue weighted by molar-refractivity contribution is 7.89. The minimum atomic E-state index is -3.52. The minimum absolute atomic E-state index is 0. The van der Waals surface area contributed by atoms with Crippen LogP contribution in [-0.4, -0.2) is 30.3 Å². The van der Waals surface area contributed by atoms with E-state index in [0.29, 0.717) is 12.2 Å². The lowest BCUT2D eigenvalue weighted by molar-refractivity contribution is 0.296. The molecule has 1 heterocycles. The second-order valence-corrected chi connectivity index (χ2v) is 7.20. The summed E-state index contributed by atoms with van der Waals surface area (Å²) in [4.78, 5) is 0.231. The van der Waals surface area contributed by atoms with Gasteiger partial charge in [-0.05, 0) is 19.8 Å². The SMILES string of the molecule is Cc1c(S(=O)(=O)NCC2(N)CCCCC2)cnn1C.Cl. The van der Waals surface area contributed by atoms with Crippen LogP contribution in [0.1, 0.15) is 37.8 Å². The van der Waals surface area contributed by atoms with E-state index in [1.165, 1.54) is 12.6 Å². The van der Waals surface area contributed by atoms with E-state index in [4.69, 9.17) is 5.73 Å². The molecule has 1 aromatic heterocycles. The Balaban J connectivity index is 0.00000200. The lowest BCUT2D eigenvalue weighted by Crippen LogP contribution is -2.51. The van der Waals surface area contributed by atoms with E-state index in [2.05, 4.69) is 9.82 Å². The fourth-order valence-corrected chi connectivity index (χ4v) is 3.83. The summed E-state index contributed by atoms with van der Waals surface area (Å²) in [5, 5.41) is 3.96. The van der Waals surface area contributed by atoms with E-state index in [9.17, 15) is 8.42 Å². The van der Waals surface area contributed by atoms with Gasteiger partial charge >= 0.3 is 0 Å². The zero-order valence-electron chi connectivity index (χ0n) is 11.9. The van der Waals surface area contributed by atoms with Gasteiger partial charge in [-0.15, -0.1) is 12.4 Å². The molecule has 1 saturated carbocycles. The highest BCUT2D eigenvalue weighted by atomic mass is 35.5. The van der Waals surface area contributed by atoms with Crippen molar-refractivity contribution in [2.45, 2.75) is 49.5 Å². The maximum absolute atomic E-state index is 12.2. The average molecular weight is 323 g/mol. The van der Waals surface area contributed by atoms with E-state index >= 15 is 0 Å². The first-order valence-electron chi connectivity index (χ1n) is 6.61. The predicted octanol–water partition coefficient (Wildman–Crippen LogP) is 1.09. The number of aryl methyl sites for hydroxylation is 1. The van der Waals surface area contributed by atoms with Crippen molar-refractivity contribution in [3.8, 4) is 0 Å². The topological polar surface area (TPSA) is 90.0 Å². The van der Waals surface area contributed by atoms with Gasteiger partial charge in [-0.25, -0.2) is 13.1 Å². The number of hydrogen-bond acceptors (Lipinski definition) is 4. The Morgan fingerprint density at radius 1 is 1.40 bits per heavy atom. The van der Waals surface area contributed by atoms with Crippen molar-refractivity contribution in [2.75, 3.05) is 6.54 Å². The molecule has 6 nitrogen and oxygen atoms in total. The van der Waals surface area contributed by atoms with Crippen LogP contribution in [0.2, 0.25) is 0 Å². The molecule has 1 aliphatic carbocycles. The average Bonchev–Trinajstić information content (AvgIpc) is 2.70. The first kappa shape index (κ1) is 17.4. The smallest absolute Gasteiger partial charge is 0.244 e. The van der Waals surface area contributed by atoms with Crippen LogP contribution in [-0.2, 0) is 17.1 Å². The van der Waals surface area contributed by atoms with Gasteiger partial charge in [-0.3, -0.25) is 4.68 Å². The summed E-state index contributed by atoms with van der Waals surface area (Å²) < 4.78 is 28.6. The summed E-state index contributed by atoms with van der Waals surface area (Å²) in [7, 11) is -1.80. The molecule has 0 aromatic carbocycles. The molecule has 20 heavy (non-hydrogen) atoms. The first-order chi connectivity index (χ1) is 8.84. The maximum atomic E-state index is 12.2. The van der Waals surface area contributed by atoms with Crippen LogP contribution in [0, 0.1) is 6.92 Å². The molecule has 3 N–H and O–H groups in total. The minimum Gasteiger partial charge on any atom is -0.324 e. The number of sulfonamides is 1. The Labute approximate surface area is 126 Å². The molecule has 8 heteroatoms. The third-order valence-corrected chi connectivity index (χ3v) is 5.45. The third-order valence-electron chi connectivity index (χ3n) is 3.94. The summed E-state index contributed by atoms with van der Waals surface area (Å²) >= 11 is 0. The molecule has 2 rings (SSSR count). The molecular formula is C12H23ClN4O2S. The van der Waals surface area contributed by atoms with Gasteiger partial charge in [0.15, 0.2) is 0 Å². The Hall–Kier alpha value is -0.630. The Morgan fingerprint density at radius 3 is 2.50 bits per heavy atom. The number of halogens is 1. The Kier molecular flexibility index (Phi) is 5.60. The lowest BCUT2D eigenvalue weighted by atomic mass is 9.83. The molecule has 116 valence electrons. The number of hydrogen-bond donors (Lipinski definition) is 2. The highest BCUT2D eigenvalue weighted by Crippen LogP contribution is 2.25. The van der Waals surface area contributed by atoms with Crippen LogP contribution in [0.25, 0.3) is 0 Å². The summed E-state index contributed by atoms with van der Waals surface area (Å²) in [6, 6.07) is 0. The molecule has 0 spiro atoms. The lowest BCUT2D eigenvalue weighted by Gasteiger charge is -2.33. The predicted molar refractivity (Wildman–Crippen MR) is 80.4 cm³/mol. The number of nitrogens with one attached hydrogen (secondary N) is 1. The van der Waals surface area contributed by atoms with Gasteiger partial charge in [0.1, 0.15) is 4.90 Å². The molecule has 0 aliphatic heterocycles. The number of nitrogens with zero attached hydrogens (tertiary/aromatic N) is 2. The van der Waals surface area contributed by atoms with E-state index < -0.39 is 15.6 Å². The van der Waals surface area contributed by atoms with Crippen molar-refractivity contribution in [3.05, 3.63) is 11.9 Å². The summed E-state index contributed by atoms with van der Waals surface area (Å²) in [6.07, 6.45) is 6.46. The molecule has 1 aliphatic rings. The van der Waals surface area contributed by atoms with Crippen molar-refractivity contribution in [2.24, 2.45) is 12.8 Å².